The maximum atomic E-state index is 5.84. The molecule has 0 saturated carbocycles. The van der Waals surface area contributed by atoms with Crippen molar-refractivity contribution in [3.63, 3.8) is 0 Å². The van der Waals surface area contributed by atoms with E-state index in [1.807, 2.05) is 24.3 Å². The van der Waals surface area contributed by atoms with Crippen molar-refractivity contribution in [2.45, 2.75) is 12.8 Å². The molecule has 3 aromatic rings. The first-order chi connectivity index (χ1) is 11.7. The number of ether oxygens (including phenoxy) is 1. The van der Waals surface area contributed by atoms with Crippen molar-refractivity contribution in [2.24, 2.45) is 0 Å². The fourth-order valence-corrected chi connectivity index (χ4v) is 2.96. The summed E-state index contributed by atoms with van der Waals surface area (Å²) in [6.07, 6.45) is 4.01. The predicted octanol–water partition coefficient (Wildman–Crippen LogP) is 2.28. The Labute approximate surface area is 139 Å². The van der Waals surface area contributed by atoms with Crippen molar-refractivity contribution in [1.82, 2.24) is 19.9 Å². The number of aromatic nitrogens is 4. The van der Waals surface area contributed by atoms with Crippen LogP contribution < -0.4 is 15.4 Å². The summed E-state index contributed by atoms with van der Waals surface area (Å²) >= 11 is 0. The maximum absolute atomic E-state index is 5.84. The standard InChI is InChI=1S/C17H18N6O/c1-24-12-6-4-11(5-7-12)13-10-19-15-14(20-13)16(22-17(18)21-15)23-8-2-3-9-23/h4-7,10H,2-3,8-9H2,1H3,(H2,18,19,21,22). The quantitative estimate of drug-likeness (QED) is 0.791. The molecule has 1 aliphatic heterocycles. The number of rotatable bonds is 3. The molecule has 2 aromatic heterocycles. The minimum Gasteiger partial charge on any atom is -0.497 e. The Morgan fingerprint density at radius 1 is 1.04 bits per heavy atom. The highest BCUT2D eigenvalue weighted by Crippen LogP contribution is 2.28. The molecule has 0 radical (unpaired) electrons. The van der Waals surface area contributed by atoms with Crippen LogP contribution in [0, 0.1) is 0 Å². The van der Waals surface area contributed by atoms with Gasteiger partial charge in [-0.2, -0.15) is 9.97 Å². The van der Waals surface area contributed by atoms with Crippen molar-refractivity contribution in [1.29, 1.82) is 0 Å². The van der Waals surface area contributed by atoms with Gasteiger partial charge in [-0.15, -0.1) is 0 Å². The lowest BCUT2D eigenvalue weighted by atomic mass is 10.1. The fourth-order valence-electron chi connectivity index (χ4n) is 2.96. The van der Waals surface area contributed by atoms with Crippen LogP contribution in [0.15, 0.2) is 30.5 Å². The summed E-state index contributed by atoms with van der Waals surface area (Å²) in [4.78, 5) is 20.0. The van der Waals surface area contributed by atoms with Crippen molar-refractivity contribution in [3.05, 3.63) is 30.5 Å². The zero-order valence-corrected chi connectivity index (χ0v) is 13.4. The first kappa shape index (κ1) is 14.6. The molecule has 0 spiro atoms. The Hall–Kier alpha value is -2.96. The molecule has 7 nitrogen and oxygen atoms in total. The van der Waals surface area contributed by atoms with Crippen LogP contribution in [0.3, 0.4) is 0 Å². The first-order valence-corrected chi connectivity index (χ1v) is 7.94. The van der Waals surface area contributed by atoms with E-state index in [0.717, 1.165) is 48.8 Å². The van der Waals surface area contributed by atoms with Gasteiger partial charge in [0.05, 0.1) is 19.0 Å². The highest BCUT2D eigenvalue weighted by atomic mass is 16.5. The molecule has 3 heterocycles. The SMILES string of the molecule is COc1ccc(-c2cnc3nc(N)nc(N4CCCC4)c3n2)cc1. The Kier molecular flexibility index (Phi) is 3.60. The summed E-state index contributed by atoms with van der Waals surface area (Å²) in [7, 11) is 1.65. The molecule has 0 amide bonds. The summed E-state index contributed by atoms with van der Waals surface area (Å²) in [6.45, 7) is 1.92. The van der Waals surface area contributed by atoms with E-state index < -0.39 is 0 Å². The third kappa shape index (κ3) is 2.58. The second-order valence-corrected chi connectivity index (χ2v) is 5.76. The van der Waals surface area contributed by atoms with E-state index in [-0.39, 0.29) is 5.95 Å². The first-order valence-electron chi connectivity index (χ1n) is 7.94. The number of hydrogen-bond donors (Lipinski definition) is 1. The van der Waals surface area contributed by atoms with E-state index >= 15 is 0 Å². The summed E-state index contributed by atoms with van der Waals surface area (Å²) in [6, 6.07) is 7.73. The second kappa shape index (κ2) is 5.92. The van der Waals surface area contributed by atoms with Crippen LogP contribution in [0.4, 0.5) is 11.8 Å². The Bertz CT molecular complexity index is 874. The molecule has 4 rings (SSSR count). The van der Waals surface area contributed by atoms with Crippen molar-refractivity contribution in [2.75, 3.05) is 30.8 Å². The largest absolute Gasteiger partial charge is 0.497 e. The lowest BCUT2D eigenvalue weighted by molar-refractivity contribution is 0.415. The van der Waals surface area contributed by atoms with Gasteiger partial charge in [0.1, 0.15) is 5.75 Å². The summed E-state index contributed by atoms with van der Waals surface area (Å²) in [5.41, 5.74) is 8.81. The molecule has 24 heavy (non-hydrogen) atoms. The lowest BCUT2D eigenvalue weighted by Gasteiger charge is -2.17. The van der Waals surface area contributed by atoms with Gasteiger partial charge >= 0.3 is 0 Å². The molecular weight excluding hydrogens is 304 g/mol. The molecule has 0 bridgehead atoms. The van der Waals surface area contributed by atoms with Crippen LogP contribution in [0.2, 0.25) is 0 Å². The number of anilines is 2. The summed E-state index contributed by atoms with van der Waals surface area (Å²) in [5.74, 6) is 1.81. The number of nitrogen functional groups attached to an aromatic ring is 1. The Morgan fingerprint density at radius 3 is 2.50 bits per heavy atom. The highest BCUT2D eigenvalue weighted by Gasteiger charge is 2.19. The van der Waals surface area contributed by atoms with E-state index in [0.29, 0.717) is 11.2 Å². The highest BCUT2D eigenvalue weighted by molar-refractivity contribution is 5.85. The molecular formula is C17H18N6O. The lowest BCUT2D eigenvalue weighted by Crippen LogP contribution is -2.20. The van der Waals surface area contributed by atoms with E-state index in [1.54, 1.807) is 13.3 Å². The van der Waals surface area contributed by atoms with E-state index in [2.05, 4.69) is 19.9 Å². The smallest absolute Gasteiger partial charge is 0.224 e. The van der Waals surface area contributed by atoms with Gasteiger partial charge in [-0.1, -0.05) is 0 Å². The molecule has 0 aliphatic carbocycles. The van der Waals surface area contributed by atoms with Crippen LogP contribution >= 0.6 is 0 Å². The molecule has 1 aliphatic rings. The molecule has 2 N–H and O–H groups in total. The van der Waals surface area contributed by atoms with Crippen LogP contribution in [-0.4, -0.2) is 40.1 Å². The molecule has 1 saturated heterocycles. The predicted molar refractivity (Wildman–Crippen MR) is 93.0 cm³/mol. The zero-order chi connectivity index (χ0) is 16.5. The van der Waals surface area contributed by atoms with Crippen molar-refractivity contribution < 1.29 is 4.74 Å². The van der Waals surface area contributed by atoms with Gasteiger partial charge in [-0.3, -0.25) is 0 Å². The molecule has 0 unspecified atom stereocenters. The minimum atomic E-state index is 0.232. The zero-order valence-electron chi connectivity index (χ0n) is 13.4. The van der Waals surface area contributed by atoms with E-state index in [1.165, 1.54) is 0 Å². The van der Waals surface area contributed by atoms with Gasteiger partial charge in [-0.25, -0.2) is 9.97 Å². The molecule has 0 atom stereocenters. The number of nitrogens with two attached hydrogens (primary N) is 1. The number of methoxy groups -OCH3 is 1. The van der Waals surface area contributed by atoms with Gasteiger partial charge in [0.2, 0.25) is 5.95 Å². The second-order valence-electron chi connectivity index (χ2n) is 5.76. The van der Waals surface area contributed by atoms with Gasteiger partial charge in [0, 0.05) is 18.7 Å². The number of hydrogen-bond acceptors (Lipinski definition) is 7. The van der Waals surface area contributed by atoms with Gasteiger partial charge < -0.3 is 15.4 Å². The molecule has 122 valence electrons. The van der Waals surface area contributed by atoms with Gasteiger partial charge in [0.25, 0.3) is 0 Å². The third-order valence-corrected chi connectivity index (χ3v) is 4.20. The summed E-state index contributed by atoms with van der Waals surface area (Å²) < 4.78 is 5.20. The molecule has 7 heteroatoms. The van der Waals surface area contributed by atoms with E-state index in [9.17, 15) is 0 Å². The minimum absolute atomic E-state index is 0.232. The number of fused-ring (bicyclic) bond motifs is 1. The average Bonchev–Trinajstić information content (AvgIpc) is 3.15. The van der Waals surface area contributed by atoms with Gasteiger partial charge in [0.15, 0.2) is 17.0 Å². The molecule has 1 fully saturated rings. The monoisotopic (exact) mass is 322 g/mol. The van der Waals surface area contributed by atoms with Gasteiger partial charge in [-0.05, 0) is 37.1 Å². The van der Waals surface area contributed by atoms with E-state index in [4.69, 9.17) is 15.5 Å². The van der Waals surface area contributed by atoms with Crippen LogP contribution in [0.1, 0.15) is 12.8 Å². The molecule has 1 aromatic carbocycles. The third-order valence-electron chi connectivity index (χ3n) is 4.20. The average molecular weight is 322 g/mol. The number of nitrogens with zero attached hydrogens (tertiary/aromatic N) is 5. The van der Waals surface area contributed by atoms with Crippen molar-refractivity contribution in [3.8, 4) is 17.0 Å². The Balaban J connectivity index is 1.83. The Morgan fingerprint density at radius 2 is 1.79 bits per heavy atom. The normalized spacial score (nSPS) is 14.3. The number of benzene rings is 1. The van der Waals surface area contributed by atoms with Crippen LogP contribution in [0.25, 0.3) is 22.4 Å². The maximum Gasteiger partial charge on any atom is 0.224 e. The fraction of sp³-hybridized carbons (Fsp3) is 0.294. The van der Waals surface area contributed by atoms with Crippen molar-refractivity contribution >= 4 is 22.9 Å². The summed E-state index contributed by atoms with van der Waals surface area (Å²) in [5, 5.41) is 0. The van der Waals surface area contributed by atoms with Crippen LogP contribution in [0.5, 0.6) is 5.75 Å². The topological polar surface area (TPSA) is 90.0 Å². The van der Waals surface area contributed by atoms with Crippen LogP contribution in [-0.2, 0) is 0 Å².